The fraction of sp³-hybridized carbons (Fsp3) is 0.0290. The summed E-state index contributed by atoms with van der Waals surface area (Å²) in [6, 6.07) is 78.1. The van der Waals surface area contributed by atoms with Gasteiger partial charge < -0.3 is 13.6 Å². The first-order valence-electron chi connectivity index (χ1n) is 25.9. The number of nitrogens with zero attached hydrogens (tertiary/aromatic N) is 5. The van der Waals surface area contributed by atoms with Crippen LogP contribution in [0.4, 0.5) is 0 Å². The van der Waals surface area contributed by atoms with Crippen molar-refractivity contribution in [2.24, 2.45) is 0 Å². The lowest BCUT2D eigenvalue weighted by Crippen LogP contribution is -2.05. The van der Waals surface area contributed by atoms with Crippen molar-refractivity contribution in [3.8, 4) is 56.7 Å². The average Bonchev–Trinajstić information content (AvgIpc) is 4.34. The second-order valence-corrected chi connectivity index (χ2v) is 20.7. The van der Waals surface area contributed by atoms with Gasteiger partial charge >= 0.3 is 0 Å². The molecular formula is C69H43N5OS. The lowest BCUT2D eigenvalue weighted by atomic mass is 9.90. The number of thiophene rings is 1. The predicted molar refractivity (Wildman–Crippen MR) is 317 cm³/mol. The molecule has 0 atom stereocenters. The van der Waals surface area contributed by atoms with Crippen LogP contribution < -0.4 is 0 Å². The number of rotatable bonds is 7. The summed E-state index contributed by atoms with van der Waals surface area (Å²) in [5, 5.41) is 9.71. The molecule has 0 N–H and O–H groups in total. The molecule has 0 bridgehead atoms. The zero-order chi connectivity index (χ0) is 49.8. The van der Waals surface area contributed by atoms with Crippen molar-refractivity contribution in [2.45, 2.75) is 12.8 Å². The van der Waals surface area contributed by atoms with E-state index >= 15 is 0 Å². The molecule has 0 aliphatic heterocycles. The van der Waals surface area contributed by atoms with Crippen LogP contribution in [0.2, 0.25) is 0 Å². The van der Waals surface area contributed by atoms with Crippen LogP contribution in [0.25, 0.3) is 148 Å². The number of fused-ring (bicyclic) bond motifs is 14. The second kappa shape index (κ2) is 16.9. The zero-order valence-electron chi connectivity index (χ0n) is 41.0. The fourth-order valence-electron chi connectivity index (χ4n) is 12.0. The molecule has 0 radical (unpaired) electrons. The Hall–Kier alpha value is -9.69. The third kappa shape index (κ3) is 6.55. The van der Waals surface area contributed by atoms with Crippen molar-refractivity contribution in [2.75, 3.05) is 0 Å². The summed E-state index contributed by atoms with van der Waals surface area (Å²) in [5.41, 5.74) is 15.7. The number of hydrogen-bond donors (Lipinski definition) is 0. The third-order valence-corrected chi connectivity index (χ3v) is 16.6. The SMILES string of the molecule is C1=CC(c2cc(-c3nc(-c4ccccc4)nc(-c4ccc5c(c4)oc4ccccc45)n3)cc(-c3ccccc3)c2-n2c3ccccc3c3c4sc5c(ccc6c5c5ccccc5n6-c5ccccc5)c4ccc32)=CCC1. The summed E-state index contributed by atoms with van der Waals surface area (Å²) in [4.78, 5) is 15.9. The molecule has 5 aromatic heterocycles. The van der Waals surface area contributed by atoms with Gasteiger partial charge in [-0.25, -0.2) is 15.0 Å². The molecule has 0 spiro atoms. The summed E-state index contributed by atoms with van der Waals surface area (Å²) in [6.45, 7) is 0. The van der Waals surface area contributed by atoms with Crippen LogP contribution in [0.15, 0.2) is 241 Å². The van der Waals surface area contributed by atoms with Crippen molar-refractivity contribution in [3.63, 3.8) is 0 Å². The second-order valence-electron chi connectivity index (χ2n) is 19.7. The van der Waals surface area contributed by atoms with Crippen molar-refractivity contribution in [3.05, 3.63) is 242 Å². The molecule has 6 nitrogen and oxygen atoms in total. The Morgan fingerprint density at radius 2 is 0.921 bits per heavy atom. The monoisotopic (exact) mass is 989 g/mol. The molecule has 15 aromatic rings. The Kier molecular flexibility index (Phi) is 9.53. The van der Waals surface area contributed by atoms with E-state index in [-0.39, 0.29) is 0 Å². The minimum absolute atomic E-state index is 0.575. The molecule has 0 saturated carbocycles. The molecule has 0 amide bonds. The fourth-order valence-corrected chi connectivity index (χ4v) is 13.4. The summed E-state index contributed by atoms with van der Waals surface area (Å²) < 4.78 is 13.9. The van der Waals surface area contributed by atoms with E-state index in [0.29, 0.717) is 17.5 Å². The predicted octanol–water partition coefficient (Wildman–Crippen LogP) is 18.7. The molecule has 1 aliphatic rings. The van der Waals surface area contributed by atoms with Gasteiger partial charge in [-0.15, -0.1) is 11.3 Å². The Balaban J connectivity index is 0.969. The Labute approximate surface area is 440 Å². The van der Waals surface area contributed by atoms with Crippen molar-refractivity contribution in [1.29, 1.82) is 0 Å². The zero-order valence-corrected chi connectivity index (χ0v) is 41.8. The quantitative estimate of drug-likeness (QED) is 0.160. The largest absolute Gasteiger partial charge is 0.456 e. The van der Waals surface area contributed by atoms with Gasteiger partial charge in [0.05, 0.1) is 27.8 Å². The first kappa shape index (κ1) is 42.8. The number of benzene rings is 10. The van der Waals surface area contributed by atoms with Crippen molar-refractivity contribution < 1.29 is 4.42 Å². The molecule has 0 unspecified atom stereocenters. The van der Waals surface area contributed by atoms with Crippen molar-refractivity contribution >= 4 is 103 Å². The number of furan rings is 1. The van der Waals surface area contributed by atoms with Crippen LogP contribution in [-0.4, -0.2) is 24.1 Å². The third-order valence-electron chi connectivity index (χ3n) is 15.4. The Bertz CT molecular complexity index is 4920. The van der Waals surface area contributed by atoms with Crippen LogP contribution in [0.5, 0.6) is 0 Å². The van der Waals surface area contributed by atoms with Crippen LogP contribution in [-0.2, 0) is 0 Å². The lowest BCUT2D eigenvalue weighted by molar-refractivity contribution is 0.669. The van der Waals surface area contributed by atoms with Gasteiger partial charge in [-0.1, -0.05) is 170 Å². The van der Waals surface area contributed by atoms with Gasteiger partial charge in [0.1, 0.15) is 11.2 Å². The normalized spacial score (nSPS) is 12.9. The molecule has 0 saturated heterocycles. The Morgan fingerprint density at radius 3 is 1.61 bits per heavy atom. The van der Waals surface area contributed by atoms with Gasteiger partial charge in [-0.05, 0) is 90.7 Å². The number of aromatic nitrogens is 5. The van der Waals surface area contributed by atoms with Crippen LogP contribution in [0.3, 0.4) is 0 Å². The van der Waals surface area contributed by atoms with E-state index in [4.69, 9.17) is 19.4 Å². The van der Waals surface area contributed by atoms with E-state index in [1.54, 1.807) is 0 Å². The molecule has 10 aromatic carbocycles. The summed E-state index contributed by atoms with van der Waals surface area (Å²) in [7, 11) is 0. The summed E-state index contributed by atoms with van der Waals surface area (Å²) in [5.74, 6) is 1.77. The molecule has 0 fully saturated rings. The standard InChI is InChI=1S/C69H43N5OS/c1-5-19-42(20-6-1)54-39-46(69-71-67(44-23-9-3-10-24-44)70-68(72-69)45-33-34-49-48-27-15-18-32-60(48)75-61(49)41-45)40-55(43-21-7-2-8-22-43)64(54)74-57-31-17-14-29-53(57)63-59(74)38-36-51-50-35-37-58-62(65(50)76-66(51)63)52-28-13-16-30-56(52)73(58)47-25-11-4-12-26-47/h1,3-7,9-41H,2,8H2. The molecule has 7 heteroatoms. The number of hydrogen-bond acceptors (Lipinski definition) is 5. The highest BCUT2D eigenvalue weighted by atomic mass is 32.1. The maximum Gasteiger partial charge on any atom is 0.164 e. The molecule has 5 heterocycles. The first-order chi connectivity index (χ1) is 37.7. The number of allylic oxidation sites excluding steroid dienone is 4. The van der Waals surface area contributed by atoms with Crippen molar-refractivity contribution in [1.82, 2.24) is 24.1 Å². The molecular weight excluding hydrogens is 947 g/mol. The van der Waals surface area contributed by atoms with E-state index in [9.17, 15) is 0 Å². The highest BCUT2D eigenvalue weighted by Crippen LogP contribution is 2.49. The smallest absolute Gasteiger partial charge is 0.164 e. The van der Waals surface area contributed by atoms with Gasteiger partial charge in [0.25, 0.3) is 0 Å². The average molecular weight is 990 g/mol. The lowest BCUT2D eigenvalue weighted by Gasteiger charge is -2.22. The number of para-hydroxylation sites is 4. The van der Waals surface area contributed by atoms with Gasteiger partial charge in [0.2, 0.25) is 0 Å². The first-order valence-corrected chi connectivity index (χ1v) is 26.7. The molecule has 16 rings (SSSR count). The van der Waals surface area contributed by atoms with Gasteiger partial charge in [-0.2, -0.15) is 0 Å². The van der Waals surface area contributed by atoms with E-state index in [0.717, 1.165) is 90.6 Å². The van der Waals surface area contributed by atoms with Crippen LogP contribution in [0, 0.1) is 0 Å². The maximum atomic E-state index is 6.40. The van der Waals surface area contributed by atoms with E-state index in [2.05, 4.69) is 209 Å². The van der Waals surface area contributed by atoms with Gasteiger partial charge in [0.15, 0.2) is 17.5 Å². The highest BCUT2D eigenvalue weighted by molar-refractivity contribution is 7.27. The summed E-state index contributed by atoms with van der Waals surface area (Å²) in [6.07, 6.45) is 8.93. The summed E-state index contributed by atoms with van der Waals surface area (Å²) >= 11 is 1.92. The van der Waals surface area contributed by atoms with E-state index in [1.165, 1.54) is 58.3 Å². The highest BCUT2D eigenvalue weighted by Gasteiger charge is 2.26. The van der Waals surface area contributed by atoms with Crippen LogP contribution in [0.1, 0.15) is 18.4 Å². The molecule has 1 aliphatic carbocycles. The topological polar surface area (TPSA) is 61.7 Å². The van der Waals surface area contributed by atoms with E-state index < -0.39 is 0 Å². The Morgan fingerprint density at radius 1 is 0.382 bits per heavy atom. The minimum atomic E-state index is 0.575. The van der Waals surface area contributed by atoms with E-state index in [1.807, 2.05) is 47.7 Å². The molecule has 356 valence electrons. The minimum Gasteiger partial charge on any atom is -0.456 e. The van der Waals surface area contributed by atoms with Crippen LogP contribution >= 0.6 is 11.3 Å². The molecule has 76 heavy (non-hydrogen) atoms. The van der Waals surface area contributed by atoms with Gasteiger partial charge in [0, 0.05) is 86.0 Å². The van der Waals surface area contributed by atoms with Gasteiger partial charge in [-0.3, -0.25) is 0 Å². The maximum absolute atomic E-state index is 6.40.